The van der Waals surface area contributed by atoms with Gasteiger partial charge in [-0.05, 0) is 37.6 Å². The third kappa shape index (κ3) is 7.32. The minimum Gasteiger partial charge on any atom is -0.496 e. The van der Waals surface area contributed by atoms with Gasteiger partial charge in [0.1, 0.15) is 5.75 Å². The van der Waals surface area contributed by atoms with E-state index >= 15 is 0 Å². The number of carboxylic acid groups (broad SMARTS) is 1. The van der Waals surface area contributed by atoms with Crippen LogP contribution in [0.5, 0.6) is 5.75 Å². The number of rotatable bonds is 8. The monoisotopic (exact) mass is 395 g/mol. The molecule has 0 fully saturated rings. The second-order valence-corrected chi connectivity index (χ2v) is 6.66. The topological polar surface area (TPSA) is 84.9 Å². The molecule has 0 radical (unpaired) electrons. The number of ether oxygens (including phenoxy) is 2. The molecule has 6 heteroatoms. The summed E-state index contributed by atoms with van der Waals surface area (Å²) in [5.74, 6) is 4.53. The van der Waals surface area contributed by atoms with Gasteiger partial charge >= 0.3 is 5.97 Å². The van der Waals surface area contributed by atoms with Gasteiger partial charge in [0, 0.05) is 30.0 Å². The Labute approximate surface area is 170 Å². The van der Waals surface area contributed by atoms with Crippen LogP contribution in [-0.2, 0) is 27.3 Å². The molecule has 0 spiro atoms. The Balaban J connectivity index is 2.07. The number of hydrogen-bond acceptors (Lipinski definition) is 4. The van der Waals surface area contributed by atoms with Crippen molar-refractivity contribution in [3.05, 3.63) is 65.2 Å². The molecule has 152 valence electrons. The SMILES string of the molecule is COc1ccc(CC(OC(C)C)C(=O)O)cc1CNC(=O)C#Cc1ccccc1. The van der Waals surface area contributed by atoms with Crippen LogP contribution in [0.25, 0.3) is 0 Å². The van der Waals surface area contributed by atoms with Crippen molar-refractivity contribution < 1.29 is 24.2 Å². The molecule has 0 aliphatic rings. The van der Waals surface area contributed by atoms with E-state index < -0.39 is 18.0 Å². The fourth-order valence-electron chi connectivity index (χ4n) is 2.70. The molecule has 0 aromatic heterocycles. The van der Waals surface area contributed by atoms with E-state index in [1.54, 1.807) is 26.0 Å². The van der Waals surface area contributed by atoms with E-state index in [-0.39, 0.29) is 19.1 Å². The van der Waals surface area contributed by atoms with E-state index in [0.717, 1.165) is 16.7 Å². The van der Waals surface area contributed by atoms with Crippen LogP contribution in [0.2, 0.25) is 0 Å². The first-order chi connectivity index (χ1) is 13.9. The Hall–Kier alpha value is -3.30. The molecule has 2 rings (SSSR count). The molecular weight excluding hydrogens is 370 g/mol. The van der Waals surface area contributed by atoms with E-state index in [4.69, 9.17) is 9.47 Å². The number of carbonyl (C=O) groups is 2. The lowest BCUT2D eigenvalue weighted by atomic mass is 10.0. The molecule has 2 aromatic rings. The summed E-state index contributed by atoms with van der Waals surface area (Å²) in [5.41, 5.74) is 2.26. The molecule has 0 heterocycles. The predicted octanol–water partition coefficient (Wildman–Crippen LogP) is 2.78. The van der Waals surface area contributed by atoms with Crippen LogP contribution in [-0.4, -0.2) is 36.3 Å². The van der Waals surface area contributed by atoms with Crippen LogP contribution in [0.4, 0.5) is 0 Å². The van der Waals surface area contributed by atoms with Crippen molar-refractivity contribution in [3.8, 4) is 17.6 Å². The Morgan fingerprint density at radius 3 is 2.48 bits per heavy atom. The highest BCUT2D eigenvalue weighted by molar-refractivity contribution is 5.94. The van der Waals surface area contributed by atoms with Crippen molar-refractivity contribution in [2.24, 2.45) is 0 Å². The van der Waals surface area contributed by atoms with Crippen LogP contribution in [0.3, 0.4) is 0 Å². The maximum atomic E-state index is 12.0. The quantitative estimate of drug-likeness (QED) is 0.672. The highest BCUT2D eigenvalue weighted by Crippen LogP contribution is 2.21. The van der Waals surface area contributed by atoms with Gasteiger partial charge in [0.15, 0.2) is 6.10 Å². The first-order valence-electron chi connectivity index (χ1n) is 9.28. The number of methoxy groups -OCH3 is 1. The van der Waals surface area contributed by atoms with Gasteiger partial charge in [-0.2, -0.15) is 0 Å². The van der Waals surface area contributed by atoms with Gasteiger partial charge in [-0.1, -0.05) is 36.3 Å². The van der Waals surface area contributed by atoms with Crippen LogP contribution < -0.4 is 10.1 Å². The zero-order valence-corrected chi connectivity index (χ0v) is 16.8. The fourth-order valence-corrected chi connectivity index (χ4v) is 2.70. The van der Waals surface area contributed by atoms with Crippen LogP contribution in [0, 0.1) is 11.8 Å². The number of benzene rings is 2. The molecule has 0 saturated heterocycles. The maximum Gasteiger partial charge on any atom is 0.333 e. The molecule has 1 atom stereocenters. The number of hydrogen-bond donors (Lipinski definition) is 2. The first kappa shape index (κ1) is 22.0. The lowest BCUT2D eigenvalue weighted by Crippen LogP contribution is -2.29. The van der Waals surface area contributed by atoms with Gasteiger partial charge in [0.2, 0.25) is 0 Å². The van der Waals surface area contributed by atoms with E-state index in [1.165, 1.54) is 7.11 Å². The standard InChI is InChI=1S/C23H25NO5/c1-16(2)29-21(23(26)27)14-18-9-11-20(28-3)19(13-18)15-24-22(25)12-10-17-7-5-4-6-8-17/h4-9,11,13,16,21H,14-15H2,1-3H3,(H,24,25)(H,26,27). The summed E-state index contributed by atoms with van der Waals surface area (Å²) in [4.78, 5) is 23.5. The number of amides is 1. The van der Waals surface area contributed by atoms with Gasteiger partial charge in [0.05, 0.1) is 13.2 Å². The molecule has 0 aliphatic carbocycles. The fraction of sp³-hybridized carbons (Fsp3) is 0.304. The number of nitrogens with one attached hydrogen (secondary N) is 1. The summed E-state index contributed by atoms with van der Waals surface area (Å²) in [6, 6.07) is 14.6. The molecule has 1 amide bonds. The summed E-state index contributed by atoms with van der Waals surface area (Å²) >= 11 is 0. The van der Waals surface area contributed by atoms with Crippen molar-refractivity contribution in [2.45, 2.75) is 39.0 Å². The highest BCUT2D eigenvalue weighted by atomic mass is 16.5. The Bertz CT molecular complexity index is 896. The second-order valence-electron chi connectivity index (χ2n) is 6.66. The number of carbonyl (C=O) groups excluding carboxylic acids is 1. The van der Waals surface area contributed by atoms with Crippen molar-refractivity contribution in [2.75, 3.05) is 7.11 Å². The molecule has 29 heavy (non-hydrogen) atoms. The van der Waals surface area contributed by atoms with Crippen LogP contribution >= 0.6 is 0 Å². The van der Waals surface area contributed by atoms with Gasteiger partial charge in [-0.25, -0.2) is 4.79 Å². The number of aliphatic carboxylic acids is 1. The maximum absolute atomic E-state index is 12.0. The second kappa shape index (κ2) is 10.9. The summed E-state index contributed by atoms with van der Waals surface area (Å²) in [7, 11) is 1.54. The predicted molar refractivity (Wildman–Crippen MR) is 110 cm³/mol. The Morgan fingerprint density at radius 2 is 1.86 bits per heavy atom. The van der Waals surface area contributed by atoms with Crippen LogP contribution in [0.1, 0.15) is 30.5 Å². The van der Waals surface area contributed by atoms with Gasteiger partial charge < -0.3 is 19.9 Å². The molecular formula is C23H25NO5. The average Bonchev–Trinajstić information content (AvgIpc) is 2.70. The summed E-state index contributed by atoms with van der Waals surface area (Å²) in [6.07, 6.45) is -0.925. The lowest BCUT2D eigenvalue weighted by Gasteiger charge is -2.17. The number of carboxylic acids is 1. The van der Waals surface area contributed by atoms with E-state index in [1.807, 2.05) is 36.4 Å². The molecule has 2 N–H and O–H groups in total. The average molecular weight is 395 g/mol. The van der Waals surface area contributed by atoms with Gasteiger partial charge in [-0.3, -0.25) is 4.79 Å². The summed E-state index contributed by atoms with van der Waals surface area (Å²) in [6.45, 7) is 3.80. The van der Waals surface area contributed by atoms with E-state index in [2.05, 4.69) is 17.2 Å². The third-order valence-electron chi connectivity index (χ3n) is 4.01. The van der Waals surface area contributed by atoms with Crippen molar-refractivity contribution in [1.82, 2.24) is 5.32 Å². The van der Waals surface area contributed by atoms with E-state index in [9.17, 15) is 14.7 Å². The minimum atomic E-state index is -1.01. The molecule has 0 aliphatic heterocycles. The van der Waals surface area contributed by atoms with Crippen molar-refractivity contribution in [3.63, 3.8) is 0 Å². The Kier molecular flexibility index (Phi) is 8.26. The first-order valence-corrected chi connectivity index (χ1v) is 9.28. The Morgan fingerprint density at radius 1 is 1.14 bits per heavy atom. The normalized spacial score (nSPS) is 11.3. The zero-order valence-electron chi connectivity index (χ0n) is 16.8. The molecule has 1 unspecified atom stereocenters. The minimum absolute atomic E-state index is 0.198. The smallest absolute Gasteiger partial charge is 0.333 e. The zero-order chi connectivity index (χ0) is 21.2. The van der Waals surface area contributed by atoms with E-state index in [0.29, 0.717) is 5.75 Å². The molecule has 2 aromatic carbocycles. The highest BCUT2D eigenvalue weighted by Gasteiger charge is 2.20. The third-order valence-corrected chi connectivity index (χ3v) is 4.01. The van der Waals surface area contributed by atoms with Crippen LogP contribution in [0.15, 0.2) is 48.5 Å². The summed E-state index contributed by atoms with van der Waals surface area (Å²) in [5, 5.41) is 12.1. The molecule has 6 nitrogen and oxygen atoms in total. The lowest BCUT2D eigenvalue weighted by molar-refractivity contribution is -0.153. The van der Waals surface area contributed by atoms with Gasteiger partial charge in [-0.15, -0.1) is 0 Å². The summed E-state index contributed by atoms with van der Waals surface area (Å²) < 4.78 is 10.8. The van der Waals surface area contributed by atoms with Crippen molar-refractivity contribution in [1.29, 1.82) is 0 Å². The van der Waals surface area contributed by atoms with Crippen molar-refractivity contribution >= 4 is 11.9 Å². The molecule has 0 saturated carbocycles. The largest absolute Gasteiger partial charge is 0.496 e. The van der Waals surface area contributed by atoms with Gasteiger partial charge in [0.25, 0.3) is 5.91 Å². The molecule has 0 bridgehead atoms.